The maximum atomic E-state index is 12.0. The van der Waals surface area contributed by atoms with Crippen LogP contribution in [0.2, 0.25) is 0 Å². The summed E-state index contributed by atoms with van der Waals surface area (Å²) in [6.07, 6.45) is 2.26. The highest BCUT2D eigenvalue weighted by Gasteiger charge is 2.17. The van der Waals surface area contributed by atoms with Gasteiger partial charge in [-0.25, -0.2) is 0 Å². The summed E-state index contributed by atoms with van der Waals surface area (Å²) in [6.45, 7) is 1.94. The van der Waals surface area contributed by atoms with Gasteiger partial charge < -0.3 is 15.2 Å². The van der Waals surface area contributed by atoms with Crippen LogP contribution in [0.4, 0.5) is 0 Å². The van der Waals surface area contributed by atoms with Gasteiger partial charge in [0.25, 0.3) is 0 Å². The van der Waals surface area contributed by atoms with Crippen molar-refractivity contribution in [2.45, 2.75) is 25.3 Å². The summed E-state index contributed by atoms with van der Waals surface area (Å²) in [6, 6.07) is 7.89. The second kappa shape index (κ2) is 6.72. The molecule has 0 aliphatic carbocycles. The monoisotopic (exact) mass is 295 g/mol. The molecule has 0 spiro atoms. The molecule has 1 fully saturated rings. The molecule has 1 aromatic carbocycles. The summed E-state index contributed by atoms with van der Waals surface area (Å²) >= 11 is 0. The summed E-state index contributed by atoms with van der Waals surface area (Å²) in [5, 5.41) is 11.2. The number of fused-ring (bicyclic) bond motifs is 1. The van der Waals surface area contributed by atoms with Crippen molar-refractivity contribution >= 4 is 29.3 Å². The third-order valence-corrected chi connectivity index (χ3v) is 3.48. The van der Waals surface area contributed by atoms with Crippen LogP contribution in [0.25, 0.3) is 11.0 Å². The molecule has 5 nitrogen and oxygen atoms in total. The Morgan fingerprint density at radius 3 is 2.90 bits per heavy atom. The number of rotatable bonds is 3. The minimum atomic E-state index is 0. The molecule has 0 unspecified atom stereocenters. The first kappa shape index (κ1) is 14.8. The average Bonchev–Trinajstić information content (AvgIpc) is 2.83. The van der Waals surface area contributed by atoms with Gasteiger partial charge in [-0.2, -0.15) is 0 Å². The van der Waals surface area contributed by atoms with Crippen LogP contribution in [-0.2, 0) is 11.2 Å². The number of nitrogens with zero attached hydrogens (tertiary/aromatic N) is 1. The van der Waals surface area contributed by atoms with E-state index in [1.807, 2.05) is 24.3 Å². The Morgan fingerprint density at radius 1 is 1.35 bits per heavy atom. The number of hydrogen-bond acceptors (Lipinski definition) is 4. The molecular formula is C14H18ClN3O2. The van der Waals surface area contributed by atoms with Crippen molar-refractivity contribution in [2.75, 3.05) is 13.1 Å². The minimum Gasteiger partial charge on any atom is -0.356 e. The van der Waals surface area contributed by atoms with E-state index in [9.17, 15) is 4.79 Å². The fourth-order valence-electron chi connectivity index (χ4n) is 2.46. The van der Waals surface area contributed by atoms with Gasteiger partial charge in [0.15, 0.2) is 5.58 Å². The van der Waals surface area contributed by atoms with Gasteiger partial charge in [0.05, 0.1) is 6.42 Å². The van der Waals surface area contributed by atoms with Crippen molar-refractivity contribution in [3.63, 3.8) is 0 Å². The predicted octanol–water partition coefficient (Wildman–Crippen LogP) is 1.66. The molecule has 1 aromatic heterocycles. The first-order chi connectivity index (χ1) is 9.33. The normalized spacial score (nSPS) is 15.8. The second-order valence-corrected chi connectivity index (χ2v) is 4.89. The van der Waals surface area contributed by atoms with Crippen LogP contribution < -0.4 is 10.6 Å². The highest BCUT2D eigenvalue weighted by Crippen LogP contribution is 2.18. The zero-order valence-electron chi connectivity index (χ0n) is 11.1. The van der Waals surface area contributed by atoms with E-state index in [0.29, 0.717) is 5.69 Å². The van der Waals surface area contributed by atoms with Crippen LogP contribution in [0.5, 0.6) is 0 Å². The van der Waals surface area contributed by atoms with Crippen LogP contribution in [-0.4, -0.2) is 30.2 Å². The lowest BCUT2D eigenvalue weighted by atomic mass is 10.1. The summed E-state index contributed by atoms with van der Waals surface area (Å²) < 4.78 is 5.20. The van der Waals surface area contributed by atoms with Crippen LogP contribution in [0.15, 0.2) is 28.8 Å². The van der Waals surface area contributed by atoms with Gasteiger partial charge in [-0.3, -0.25) is 4.79 Å². The third kappa shape index (κ3) is 3.29. The molecule has 1 aliphatic rings. The number of carbonyl (C=O) groups is 1. The smallest absolute Gasteiger partial charge is 0.226 e. The molecule has 0 atom stereocenters. The van der Waals surface area contributed by atoms with Gasteiger partial charge in [-0.05, 0) is 38.1 Å². The van der Waals surface area contributed by atoms with Crippen molar-refractivity contribution < 1.29 is 9.32 Å². The minimum absolute atomic E-state index is 0. The van der Waals surface area contributed by atoms with E-state index < -0.39 is 0 Å². The lowest BCUT2D eigenvalue weighted by molar-refractivity contribution is -0.121. The second-order valence-electron chi connectivity index (χ2n) is 4.89. The maximum Gasteiger partial charge on any atom is 0.226 e. The number of hydrogen-bond donors (Lipinski definition) is 2. The molecule has 1 aliphatic heterocycles. The van der Waals surface area contributed by atoms with Crippen LogP contribution in [0.1, 0.15) is 18.5 Å². The molecule has 0 bridgehead atoms. The first-order valence-corrected chi connectivity index (χ1v) is 6.66. The van der Waals surface area contributed by atoms with E-state index in [0.717, 1.165) is 36.9 Å². The van der Waals surface area contributed by atoms with E-state index >= 15 is 0 Å². The van der Waals surface area contributed by atoms with Crippen molar-refractivity contribution in [2.24, 2.45) is 0 Å². The lowest BCUT2D eigenvalue weighted by Crippen LogP contribution is -2.43. The van der Waals surface area contributed by atoms with Gasteiger partial charge in [0.1, 0.15) is 5.69 Å². The van der Waals surface area contributed by atoms with Crippen molar-refractivity contribution in [3.8, 4) is 0 Å². The Kier molecular flexibility index (Phi) is 4.98. The van der Waals surface area contributed by atoms with Crippen LogP contribution in [0, 0.1) is 0 Å². The molecule has 0 radical (unpaired) electrons. The molecule has 1 amide bonds. The van der Waals surface area contributed by atoms with E-state index in [1.165, 1.54) is 0 Å². The molecule has 20 heavy (non-hydrogen) atoms. The molecular weight excluding hydrogens is 278 g/mol. The number of halogens is 1. The molecule has 108 valence electrons. The van der Waals surface area contributed by atoms with Crippen LogP contribution >= 0.6 is 12.4 Å². The quantitative estimate of drug-likeness (QED) is 0.904. The summed E-state index contributed by atoms with van der Waals surface area (Å²) in [5.74, 6) is 0.0194. The Morgan fingerprint density at radius 2 is 2.10 bits per heavy atom. The van der Waals surface area contributed by atoms with Gasteiger partial charge in [0.2, 0.25) is 5.91 Å². The SMILES string of the molecule is Cl.O=C(Cc1noc2ccccc12)NC1CCNCC1. The van der Waals surface area contributed by atoms with Gasteiger partial charge >= 0.3 is 0 Å². The predicted molar refractivity (Wildman–Crippen MR) is 79.0 cm³/mol. The maximum absolute atomic E-state index is 12.0. The Bertz CT molecular complexity index is 579. The summed E-state index contributed by atoms with van der Waals surface area (Å²) in [7, 11) is 0. The van der Waals surface area contributed by atoms with E-state index in [2.05, 4.69) is 15.8 Å². The van der Waals surface area contributed by atoms with E-state index in [1.54, 1.807) is 0 Å². The van der Waals surface area contributed by atoms with Gasteiger partial charge in [-0.1, -0.05) is 17.3 Å². The molecule has 2 heterocycles. The van der Waals surface area contributed by atoms with Crippen molar-refractivity contribution in [1.29, 1.82) is 0 Å². The highest BCUT2D eigenvalue weighted by molar-refractivity contribution is 5.86. The number of nitrogens with one attached hydrogen (secondary N) is 2. The number of aromatic nitrogens is 1. The number of benzene rings is 1. The van der Waals surface area contributed by atoms with E-state index in [-0.39, 0.29) is 30.8 Å². The number of piperidine rings is 1. The lowest BCUT2D eigenvalue weighted by Gasteiger charge is -2.23. The molecule has 2 aromatic rings. The first-order valence-electron chi connectivity index (χ1n) is 6.66. The summed E-state index contributed by atoms with van der Waals surface area (Å²) in [5.41, 5.74) is 1.44. The summed E-state index contributed by atoms with van der Waals surface area (Å²) in [4.78, 5) is 12.0. The zero-order valence-corrected chi connectivity index (χ0v) is 11.9. The number of amides is 1. The molecule has 2 N–H and O–H groups in total. The van der Waals surface area contributed by atoms with Gasteiger partial charge in [-0.15, -0.1) is 12.4 Å². The fourth-order valence-corrected chi connectivity index (χ4v) is 2.46. The average molecular weight is 296 g/mol. The van der Waals surface area contributed by atoms with E-state index in [4.69, 9.17) is 4.52 Å². The Labute approximate surface area is 123 Å². The molecule has 0 saturated carbocycles. The van der Waals surface area contributed by atoms with Gasteiger partial charge in [0, 0.05) is 11.4 Å². The Balaban J connectivity index is 0.00000147. The molecule has 1 saturated heterocycles. The highest BCUT2D eigenvalue weighted by atomic mass is 35.5. The van der Waals surface area contributed by atoms with Crippen LogP contribution in [0.3, 0.4) is 0 Å². The number of para-hydroxylation sites is 1. The largest absolute Gasteiger partial charge is 0.356 e. The molecule has 3 rings (SSSR count). The number of carbonyl (C=O) groups excluding carboxylic acids is 1. The topological polar surface area (TPSA) is 67.2 Å². The molecule has 6 heteroatoms. The zero-order chi connectivity index (χ0) is 13.1. The standard InChI is InChI=1S/C14H17N3O2.ClH/c18-14(16-10-5-7-15-8-6-10)9-12-11-3-1-2-4-13(11)19-17-12;/h1-4,10,15H,5-9H2,(H,16,18);1H. The van der Waals surface area contributed by atoms with Crippen molar-refractivity contribution in [1.82, 2.24) is 15.8 Å². The third-order valence-electron chi connectivity index (χ3n) is 3.48. The fraction of sp³-hybridized carbons (Fsp3) is 0.429. The Hall–Kier alpha value is -1.59. The van der Waals surface area contributed by atoms with Crippen molar-refractivity contribution in [3.05, 3.63) is 30.0 Å².